The monoisotopic (exact) mass is 277 g/mol. The molecule has 16 heavy (non-hydrogen) atoms. The third-order valence-electron chi connectivity index (χ3n) is 3.23. The van der Waals surface area contributed by atoms with Crippen molar-refractivity contribution >= 4 is 15.9 Å². The Morgan fingerprint density at radius 3 is 3.00 bits per heavy atom. The molecule has 0 saturated carbocycles. The lowest BCUT2D eigenvalue weighted by Crippen LogP contribution is -2.24. The molecule has 0 amide bonds. The van der Waals surface area contributed by atoms with Gasteiger partial charge in [0.15, 0.2) is 5.76 Å². The highest BCUT2D eigenvalue weighted by atomic mass is 79.9. The van der Waals surface area contributed by atoms with Gasteiger partial charge in [0.25, 0.3) is 0 Å². The highest BCUT2D eigenvalue weighted by molar-refractivity contribution is 9.10. The fourth-order valence-corrected chi connectivity index (χ4v) is 2.83. The number of halogens is 1. The number of nitrogens with zero attached hydrogens (tertiary/aromatic N) is 1. The second-order valence-corrected chi connectivity index (χ2v) is 5.85. The predicted octanol–water partition coefficient (Wildman–Crippen LogP) is 3.94. The molecule has 1 aromatic carbocycles. The van der Waals surface area contributed by atoms with Crippen molar-refractivity contribution in [3.05, 3.63) is 40.0 Å². The lowest BCUT2D eigenvalue weighted by molar-refractivity contribution is 0.424. The number of rotatable bonds is 0. The fourth-order valence-electron chi connectivity index (χ4n) is 2.47. The van der Waals surface area contributed by atoms with Crippen molar-refractivity contribution in [1.82, 2.24) is 5.16 Å². The van der Waals surface area contributed by atoms with Crippen molar-refractivity contribution in [3.63, 3.8) is 0 Å². The lowest BCUT2D eigenvalue weighted by atomic mass is 9.72. The van der Waals surface area contributed by atoms with Crippen molar-refractivity contribution < 1.29 is 4.52 Å². The van der Waals surface area contributed by atoms with E-state index in [-0.39, 0.29) is 5.41 Å². The van der Waals surface area contributed by atoms with E-state index < -0.39 is 0 Å². The number of fused-ring (bicyclic) bond motifs is 3. The zero-order chi connectivity index (χ0) is 11.3. The summed E-state index contributed by atoms with van der Waals surface area (Å²) in [4.78, 5) is 0. The summed E-state index contributed by atoms with van der Waals surface area (Å²) in [6.45, 7) is 4.52. The van der Waals surface area contributed by atoms with Crippen molar-refractivity contribution in [1.29, 1.82) is 0 Å². The number of aromatic nitrogens is 1. The predicted molar refractivity (Wildman–Crippen MR) is 66.4 cm³/mol. The quantitative estimate of drug-likeness (QED) is 0.729. The van der Waals surface area contributed by atoms with Gasteiger partial charge in [-0.1, -0.05) is 41.0 Å². The minimum atomic E-state index is 0.147. The van der Waals surface area contributed by atoms with Crippen LogP contribution in [-0.4, -0.2) is 5.16 Å². The molecule has 0 bridgehead atoms. The molecule has 1 aliphatic carbocycles. The van der Waals surface area contributed by atoms with Gasteiger partial charge in [0.2, 0.25) is 0 Å². The molecule has 1 heterocycles. The van der Waals surface area contributed by atoms with Crippen LogP contribution in [0.25, 0.3) is 11.3 Å². The first-order valence-electron chi connectivity index (χ1n) is 5.32. The van der Waals surface area contributed by atoms with Crippen LogP contribution < -0.4 is 0 Å². The van der Waals surface area contributed by atoms with Crippen molar-refractivity contribution in [2.45, 2.75) is 25.7 Å². The van der Waals surface area contributed by atoms with Crippen LogP contribution in [0.2, 0.25) is 0 Å². The van der Waals surface area contributed by atoms with E-state index >= 15 is 0 Å². The van der Waals surface area contributed by atoms with Gasteiger partial charge in [0.1, 0.15) is 0 Å². The molecular formula is C13H12BrNO. The van der Waals surface area contributed by atoms with E-state index in [0.717, 1.165) is 22.2 Å². The summed E-state index contributed by atoms with van der Waals surface area (Å²) >= 11 is 3.51. The Kier molecular flexibility index (Phi) is 2.02. The molecule has 0 N–H and O–H groups in total. The number of benzene rings is 1. The molecule has 3 heteroatoms. The van der Waals surface area contributed by atoms with E-state index in [0.29, 0.717) is 0 Å². The zero-order valence-corrected chi connectivity index (χ0v) is 10.8. The van der Waals surface area contributed by atoms with E-state index in [1.54, 1.807) is 0 Å². The highest BCUT2D eigenvalue weighted by Crippen LogP contribution is 2.43. The maximum Gasteiger partial charge on any atom is 0.170 e. The van der Waals surface area contributed by atoms with Crippen LogP contribution in [0.15, 0.2) is 33.4 Å². The Morgan fingerprint density at radius 2 is 2.19 bits per heavy atom. The fraction of sp³-hybridized carbons (Fsp3) is 0.308. The summed E-state index contributed by atoms with van der Waals surface area (Å²) in [5.74, 6) is 0.927. The summed E-state index contributed by atoms with van der Waals surface area (Å²) in [6.07, 6.45) is 2.82. The standard InChI is InChI=1S/C13H12BrNO/c1-13(2)6-8-7-15-16-12(8)10-5-9(14)3-4-11(10)13/h3-5,7H,6H2,1-2H3. The van der Waals surface area contributed by atoms with E-state index in [9.17, 15) is 0 Å². The minimum Gasteiger partial charge on any atom is -0.356 e. The van der Waals surface area contributed by atoms with Crippen molar-refractivity contribution in [2.24, 2.45) is 0 Å². The number of hydrogen-bond acceptors (Lipinski definition) is 2. The molecule has 0 atom stereocenters. The molecule has 0 saturated heterocycles. The molecule has 0 aliphatic heterocycles. The molecule has 0 radical (unpaired) electrons. The van der Waals surface area contributed by atoms with Crippen LogP contribution in [-0.2, 0) is 11.8 Å². The summed E-state index contributed by atoms with van der Waals surface area (Å²) in [5.41, 5.74) is 3.85. The highest BCUT2D eigenvalue weighted by Gasteiger charge is 2.33. The maximum absolute atomic E-state index is 5.36. The third-order valence-corrected chi connectivity index (χ3v) is 3.73. The SMILES string of the molecule is CC1(C)Cc2cnoc2-c2cc(Br)ccc21. The van der Waals surface area contributed by atoms with Gasteiger partial charge in [-0.15, -0.1) is 0 Å². The molecule has 1 aromatic heterocycles. The number of hydrogen-bond donors (Lipinski definition) is 0. The van der Waals surface area contributed by atoms with Crippen molar-refractivity contribution in [3.8, 4) is 11.3 Å². The Labute approximate surface area is 103 Å². The van der Waals surface area contributed by atoms with Gasteiger partial charge in [-0.3, -0.25) is 0 Å². The molecule has 0 spiro atoms. The van der Waals surface area contributed by atoms with Crippen LogP contribution in [0.5, 0.6) is 0 Å². The summed E-state index contributed by atoms with van der Waals surface area (Å²) in [7, 11) is 0. The summed E-state index contributed by atoms with van der Waals surface area (Å²) in [5, 5.41) is 3.91. The van der Waals surface area contributed by atoms with Crippen LogP contribution in [0, 0.1) is 0 Å². The Morgan fingerprint density at radius 1 is 1.38 bits per heavy atom. The Bertz CT molecular complexity index is 557. The van der Waals surface area contributed by atoms with Crippen LogP contribution >= 0.6 is 15.9 Å². The molecule has 2 nitrogen and oxygen atoms in total. The largest absolute Gasteiger partial charge is 0.356 e. The first-order chi connectivity index (χ1) is 7.58. The average Bonchev–Trinajstić information content (AvgIpc) is 2.64. The van der Waals surface area contributed by atoms with Gasteiger partial charge in [-0.05, 0) is 29.5 Å². The molecular weight excluding hydrogens is 266 g/mol. The summed E-state index contributed by atoms with van der Waals surface area (Å²) in [6, 6.07) is 6.37. The van der Waals surface area contributed by atoms with Gasteiger partial charge >= 0.3 is 0 Å². The molecule has 2 aromatic rings. The van der Waals surface area contributed by atoms with Gasteiger partial charge in [-0.25, -0.2) is 0 Å². The van der Waals surface area contributed by atoms with Gasteiger partial charge in [0.05, 0.1) is 6.20 Å². The Balaban J connectivity index is 2.34. The van der Waals surface area contributed by atoms with E-state index in [1.807, 2.05) is 6.20 Å². The second-order valence-electron chi connectivity index (χ2n) is 4.93. The van der Waals surface area contributed by atoms with Crippen LogP contribution in [0.4, 0.5) is 0 Å². The molecule has 0 unspecified atom stereocenters. The van der Waals surface area contributed by atoms with Gasteiger partial charge in [0, 0.05) is 15.6 Å². The zero-order valence-electron chi connectivity index (χ0n) is 9.25. The Hall–Kier alpha value is -1.09. The molecule has 3 rings (SSSR count). The van der Waals surface area contributed by atoms with E-state index in [2.05, 4.69) is 53.1 Å². The van der Waals surface area contributed by atoms with Crippen molar-refractivity contribution in [2.75, 3.05) is 0 Å². The molecule has 0 fully saturated rings. The first-order valence-corrected chi connectivity index (χ1v) is 6.11. The molecule has 82 valence electrons. The normalized spacial score (nSPS) is 16.7. The first kappa shape index (κ1) is 10.1. The van der Waals surface area contributed by atoms with E-state index in [1.165, 1.54) is 11.1 Å². The van der Waals surface area contributed by atoms with Crippen LogP contribution in [0.3, 0.4) is 0 Å². The van der Waals surface area contributed by atoms with E-state index in [4.69, 9.17) is 4.52 Å². The molecule has 1 aliphatic rings. The minimum absolute atomic E-state index is 0.147. The summed E-state index contributed by atoms with van der Waals surface area (Å²) < 4.78 is 6.44. The third kappa shape index (κ3) is 1.34. The lowest BCUT2D eigenvalue weighted by Gasteiger charge is -2.31. The smallest absolute Gasteiger partial charge is 0.170 e. The average molecular weight is 278 g/mol. The van der Waals surface area contributed by atoms with Gasteiger partial charge in [-0.2, -0.15) is 0 Å². The van der Waals surface area contributed by atoms with Crippen LogP contribution in [0.1, 0.15) is 25.0 Å². The van der Waals surface area contributed by atoms with Gasteiger partial charge < -0.3 is 4.52 Å². The maximum atomic E-state index is 5.36. The topological polar surface area (TPSA) is 26.0 Å². The second kappa shape index (κ2) is 3.20.